The van der Waals surface area contributed by atoms with Crippen molar-refractivity contribution in [2.24, 2.45) is 5.41 Å². The van der Waals surface area contributed by atoms with Crippen LogP contribution in [0, 0.1) is 5.41 Å². The third kappa shape index (κ3) is 3.22. The summed E-state index contributed by atoms with van der Waals surface area (Å²) in [6, 6.07) is 1.90. The van der Waals surface area contributed by atoms with Crippen LogP contribution in [0.2, 0.25) is 5.02 Å². The molecule has 18 heavy (non-hydrogen) atoms. The van der Waals surface area contributed by atoms with Gasteiger partial charge in [0.15, 0.2) is 0 Å². The zero-order valence-corrected chi connectivity index (χ0v) is 11.6. The second kappa shape index (κ2) is 5.27. The molecule has 0 aromatic carbocycles. The van der Waals surface area contributed by atoms with Crippen LogP contribution in [-0.2, 0) is 0 Å². The van der Waals surface area contributed by atoms with Crippen molar-refractivity contribution in [1.82, 2.24) is 10.3 Å². The van der Waals surface area contributed by atoms with Crippen molar-refractivity contribution in [3.8, 4) is 0 Å². The van der Waals surface area contributed by atoms with Crippen molar-refractivity contribution in [3.05, 3.63) is 29.0 Å². The first kappa shape index (κ1) is 13.3. The molecule has 1 aromatic heterocycles. The number of nitrogens with zero attached hydrogens (tertiary/aromatic N) is 1. The maximum absolute atomic E-state index is 12.1. The summed E-state index contributed by atoms with van der Waals surface area (Å²) in [7, 11) is 0. The van der Waals surface area contributed by atoms with E-state index in [9.17, 15) is 4.79 Å². The van der Waals surface area contributed by atoms with Crippen molar-refractivity contribution < 1.29 is 4.79 Å². The molecule has 0 unspecified atom stereocenters. The van der Waals surface area contributed by atoms with Crippen molar-refractivity contribution >= 4 is 17.5 Å². The SMILES string of the molecule is CC1(C)CCC(NC(=O)c2cnccc2Cl)CC1. The van der Waals surface area contributed by atoms with Crippen LogP contribution in [-0.4, -0.2) is 16.9 Å². The van der Waals surface area contributed by atoms with Crippen LogP contribution in [0.3, 0.4) is 0 Å². The third-order valence-electron chi connectivity index (χ3n) is 3.69. The standard InChI is InChI=1S/C14H19ClN2O/c1-14(2)6-3-10(4-7-14)17-13(18)11-9-16-8-5-12(11)15/h5,8-10H,3-4,6-7H2,1-2H3,(H,17,18). The van der Waals surface area contributed by atoms with Gasteiger partial charge in [0.2, 0.25) is 0 Å². The molecule has 0 aliphatic heterocycles. The number of aromatic nitrogens is 1. The van der Waals surface area contributed by atoms with Crippen LogP contribution in [0.25, 0.3) is 0 Å². The smallest absolute Gasteiger partial charge is 0.254 e. The number of pyridine rings is 1. The molecule has 0 spiro atoms. The molecule has 1 heterocycles. The Bertz CT molecular complexity index is 435. The van der Waals surface area contributed by atoms with Crippen molar-refractivity contribution in [1.29, 1.82) is 0 Å². The maximum Gasteiger partial charge on any atom is 0.254 e. The lowest BCUT2D eigenvalue weighted by atomic mass is 9.75. The summed E-state index contributed by atoms with van der Waals surface area (Å²) in [5.41, 5.74) is 0.872. The van der Waals surface area contributed by atoms with Gasteiger partial charge in [0, 0.05) is 18.4 Å². The van der Waals surface area contributed by atoms with Gasteiger partial charge in [-0.1, -0.05) is 25.4 Å². The highest BCUT2D eigenvalue weighted by molar-refractivity contribution is 6.33. The summed E-state index contributed by atoms with van der Waals surface area (Å²) in [5, 5.41) is 3.51. The maximum atomic E-state index is 12.1. The summed E-state index contributed by atoms with van der Waals surface area (Å²) in [4.78, 5) is 16.0. The second-order valence-corrected chi connectivity index (χ2v) is 6.17. The molecule has 98 valence electrons. The number of carbonyl (C=O) groups is 1. The van der Waals surface area contributed by atoms with Crippen molar-refractivity contribution in [3.63, 3.8) is 0 Å². The quantitative estimate of drug-likeness (QED) is 0.891. The number of hydrogen-bond acceptors (Lipinski definition) is 2. The Hall–Kier alpha value is -1.09. The lowest BCUT2D eigenvalue weighted by Gasteiger charge is -2.34. The Balaban J connectivity index is 1.95. The fourth-order valence-corrected chi connectivity index (χ4v) is 2.54. The first-order valence-electron chi connectivity index (χ1n) is 6.38. The number of halogens is 1. The molecular formula is C14H19ClN2O. The minimum atomic E-state index is -0.113. The molecule has 1 fully saturated rings. The van der Waals surface area contributed by atoms with Gasteiger partial charge in [-0.05, 0) is 37.2 Å². The lowest BCUT2D eigenvalue weighted by molar-refractivity contribution is 0.0909. The van der Waals surface area contributed by atoms with Gasteiger partial charge in [-0.2, -0.15) is 0 Å². The molecular weight excluding hydrogens is 248 g/mol. The highest BCUT2D eigenvalue weighted by Crippen LogP contribution is 2.35. The topological polar surface area (TPSA) is 42.0 Å². The Labute approximate surface area is 113 Å². The first-order chi connectivity index (χ1) is 8.48. The van der Waals surface area contributed by atoms with Crippen LogP contribution in [0.5, 0.6) is 0 Å². The summed E-state index contributed by atoms with van der Waals surface area (Å²) in [6.07, 6.45) is 7.48. The molecule has 4 heteroatoms. The molecule has 1 aliphatic rings. The Morgan fingerprint density at radius 3 is 2.72 bits per heavy atom. The van der Waals surface area contributed by atoms with Gasteiger partial charge < -0.3 is 5.32 Å². The molecule has 1 amide bonds. The highest BCUT2D eigenvalue weighted by Gasteiger charge is 2.27. The minimum Gasteiger partial charge on any atom is -0.349 e. The number of nitrogens with one attached hydrogen (secondary N) is 1. The van der Waals surface area contributed by atoms with Gasteiger partial charge >= 0.3 is 0 Å². The monoisotopic (exact) mass is 266 g/mol. The molecule has 1 aromatic rings. The van der Waals surface area contributed by atoms with E-state index in [2.05, 4.69) is 24.1 Å². The Morgan fingerprint density at radius 2 is 2.11 bits per heavy atom. The van der Waals surface area contributed by atoms with E-state index < -0.39 is 0 Å². The zero-order valence-electron chi connectivity index (χ0n) is 10.9. The van der Waals surface area contributed by atoms with Gasteiger partial charge in [-0.25, -0.2) is 0 Å². The van der Waals surface area contributed by atoms with E-state index >= 15 is 0 Å². The van der Waals surface area contributed by atoms with Gasteiger partial charge in [0.1, 0.15) is 0 Å². The summed E-state index contributed by atoms with van der Waals surface area (Å²) >= 11 is 5.98. The summed E-state index contributed by atoms with van der Waals surface area (Å²) < 4.78 is 0. The number of rotatable bonds is 2. The number of amides is 1. The van der Waals surface area contributed by atoms with E-state index in [0.717, 1.165) is 25.7 Å². The third-order valence-corrected chi connectivity index (χ3v) is 4.02. The van der Waals surface area contributed by atoms with Gasteiger partial charge in [0.25, 0.3) is 5.91 Å². The van der Waals surface area contributed by atoms with Crippen molar-refractivity contribution in [2.75, 3.05) is 0 Å². The molecule has 0 radical (unpaired) electrons. The number of hydrogen-bond donors (Lipinski definition) is 1. The highest BCUT2D eigenvalue weighted by atomic mass is 35.5. The average Bonchev–Trinajstić information content (AvgIpc) is 2.32. The molecule has 3 nitrogen and oxygen atoms in total. The predicted octanol–water partition coefficient (Wildman–Crippen LogP) is 3.43. The molecule has 1 aliphatic carbocycles. The van der Waals surface area contributed by atoms with E-state index in [1.54, 1.807) is 12.3 Å². The zero-order chi connectivity index (χ0) is 13.2. The van der Waals surface area contributed by atoms with Gasteiger partial charge in [-0.3, -0.25) is 9.78 Å². The van der Waals surface area contributed by atoms with Gasteiger partial charge in [-0.15, -0.1) is 0 Å². The molecule has 0 atom stereocenters. The van der Waals surface area contributed by atoms with Crippen LogP contribution in [0.1, 0.15) is 49.9 Å². The largest absolute Gasteiger partial charge is 0.349 e. The van der Waals surface area contributed by atoms with Crippen LogP contribution in [0.4, 0.5) is 0 Å². The molecule has 1 N–H and O–H groups in total. The molecule has 1 saturated carbocycles. The Morgan fingerprint density at radius 1 is 1.44 bits per heavy atom. The molecule has 0 bridgehead atoms. The lowest BCUT2D eigenvalue weighted by Crippen LogP contribution is -2.39. The van der Waals surface area contributed by atoms with E-state index in [1.165, 1.54) is 6.20 Å². The first-order valence-corrected chi connectivity index (χ1v) is 6.76. The fraction of sp³-hybridized carbons (Fsp3) is 0.571. The van der Waals surface area contributed by atoms with Crippen molar-refractivity contribution in [2.45, 2.75) is 45.6 Å². The van der Waals surface area contributed by atoms with E-state index in [1.807, 2.05) is 0 Å². The minimum absolute atomic E-state index is 0.113. The van der Waals surface area contributed by atoms with Crippen LogP contribution < -0.4 is 5.32 Å². The fourth-order valence-electron chi connectivity index (χ4n) is 2.35. The summed E-state index contributed by atoms with van der Waals surface area (Å²) in [5.74, 6) is -0.113. The number of carbonyl (C=O) groups excluding carboxylic acids is 1. The summed E-state index contributed by atoms with van der Waals surface area (Å²) in [6.45, 7) is 4.56. The van der Waals surface area contributed by atoms with E-state index in [4.69, 9.17) is 11.6 Å². The predicted molar refractivity (Wildman–Crippen MR) is 72.8 cm³/mol. The average molecular weight is 267 g/mol. The van der Waals surface area contributed by atoms with Gasteiger partial charge in [0.05, 0.1) is 10.6 Å². The van der Waals surface area contributed by atoms with Crippen LogP contribution >= 0.6 is 11.6 Å². The second-order valence-electron chi connectivity index (χ2n) is 5.77. The van der Waals surface area contributed by atoms with Crippen LogP contribution in [0.15, 0.2) is 18.5 Å². The Kier molecular flexibility index (Phi) is 3.91. The molecule has 2 rings (SSSR count). The van der Waals surface area contributed by atoms with E-state index in [-0.39, 0.29) is 11.9 Å². The van der Waals surface area contributed by atoms with E-state index in [0.29, 0.717) is 16.0 Å². The normalized spacial score (nSPS) is 19.5. The molecule has 0 saturated heterocycles.